The van der Waals surface area contributed by atoms with Crippen LogP contribution in [0.15, 0.2) is 76.1 Å². The van der Waals surface area contributed by atoms with Gasteiger partial charge in [-0.25, -0.2) is 9.38 Å². The first-order valence-corrected chi connectivity index (χ1v) is 9.63. The molecule has 0 radical (unpaired) electrons. The molecule has 0 saturated carbocycles. The Kier molecular flexibility index (Phi) is 5.19. The number of nitrogens with zero attached hydrogens (tertiary/aromatic N) is 1. The van der Waals surface area contributed by atoms with E-state index in [9.17, 15) is 9.18 Å². The Balaban J connectivity index is 1.87. The minimum Gasteiger partial charge on any atom is -0.438 e. The van der Waals surface area contributed by atoms with Gasteiger partial charge in [0.1, 0.15) is 22.7 Å². The second kappa shape index (κ2) is 7.95. The van der Waals surface area contributed by atoms with Gasteiger partial charge in [-0.3, -0.25) is 4.79 Å². The van der Waals surface area contributed by atoms with Crippen LogP contribution >= 0.6 is 0 Å². The molecule has 1 heterocycles. The van der Waals surface area contributed by atoms with Gasteiger partial charge in [0.15, 0.2) is 0 Å². The van der Waals surface area contributed by atoms with Crippen LogP contribution in [0, 0.1) is 26.6 Å². The van der Waals surface area contributed by atoms with Gasteiger partial charge in [0, 0.05) is 11.1 Å². The van der Waals surface area contributed by atoms with E-state index in [1.54, 1.807) is 24.3 Å². The summed E-state index contributed by atoms with van der Waals surface area (Å²) < 4.78 is 20.2. The number of aryl methyl sites for hydroxylation is 3. The molecule has 0 atom stereocenters. The summed E-state index contributed by atoms with van der Waals surface area (Å²) in [5.74, 6) is -0.854. The molecule has 1 amide bonds. The summed E-state index contributed by atoms with van der Waals surface area (Å²) in [6, 6.07) is 19.5. The molecule has 1 aromatic heterocycles. The Hall–Kier alpha value is -3.73. The van der Waals surface area contributed by atoms with Crippen molar-refractivity contribution in [1.82, 2.24) is 0 Å². The highest BCUT2D eigenvalue weighted by molar-refractivity contribution is 6.05. The number of hydrogen-bond acceptors (Lipinski definition) is 3. The third kappa shape index (κ3) is 4.01. The fraction of sp³-hybridized carbons (Fsp3) is 0.120. The average Bonchev–Trinajstić information content (AvgIpc) is 2.72. The summed E-state index contributed by atoms with van der Waals surface area (Å²) in [4.78, 5) is 17.5. The van der Waals surface area contributed by atoms with E-state index in [1.165, 1.54) is 6.07 Å². The second-order valence-corrected chi connectivity index (χ2v) is 7.34. The van der Waals surface area contributed by atoms with Crippen LogP contribution in [0.5, 0.6) is 0 Å². The van der Waals surface area contributed by atoms with Crippen LogP contribution in [0.2, 0.25) is 0 Å². The van der Waals surface area contributed by atoms with E-state index >= 15 is 0 Å². The van der Waals surface area contributed by atoms with Crippen LogP contribution in [0.3, 0.4) is 0 Å². The molecule has 1 N–H and O–H groups in total. The van der Waals surface area contributed by atoms with E-state index in [0.717, 1.165) is 22.1 Å². The Morgan fingerprint density at radius 3 is 2.47 bits per heavy atom. The quantitative estimate of drug-likeness (QED) is 0.460. The number of amides is 1. The first kappa shape index (κ1) is 19.6. The van der Waals surface area contributed by atoms with Crippen LogP contribution in [-0.4, -0.2) is 5.91 Å². The van der Waals surface area contributed by atoms with Gasteiger partial charge >= 0.3 is 0 Å². The van der Waals surface area contributed by atoms with Gasteiger partial charge in [-0.15, -0.1) is 0 Å². The fourth-order valence-electron chi connectivity index (χ4n) is 3.28. The molecule has 3 aromatic carbocycles. The summed E-state index contributed by atoms with van der Waals surface area (Å²) >= 11 is 0. The van der Waals surface area contributed by atoms with Crippen LogP contribution < -0.4 is 10.9 Å². The first-order valence-electron chi connectivity index (χ1n) is 9.63. The molecule has 0 aliphatic carbocycles. The monoisotopic (exact) mass is 400 g/mol. The molecule has 4 aromatic rings. The number of carbonyl (C=O) groups excluding carboxylic acids is 1. The van der Waals surface area contributed by atoms with Crippen molar-refractivity contribution in [2.45, 2.75) is 20.8 Å². The molecule has 0 aliphatic heterocycles. The van der Waals surface area contributed by atoms with Gasteiger partial charge in [-0.1, -0.05) is 42.0 Å². The summed E-state index contributed by atoms with van der Waals surface area (Å²) in [5.41, 5.74) is 4.58. The Morgan fingerprint density at radius 1 is 0.933 bits per heavy atom. The van der Waals surface area contributed by atoms with Crippen molar-refractivity contribution in [3.63, 3.8) is 0 Å². The molecule has 5 heteroatoms. The van der Waals surface area contributed by atoms with E-state index < -0.39 is 5.82 Å². The molecule has 30 heavy (non-hydrogen) atoms. The summed E-state index contributed by atoms with van der Waals surface area (Å²) in [7, 11) is 0. The number of fused-ring (bicyclic) bond motifs is 1. The van der Waals surface area contributed by atoms with Gasteiger partial charge in [0.2, 0.25) is 5.55 Å². The van der Waals surface area contributed by atoms with Gasteiger partial charge in [0.05, 0.1) is 0 Å². The summed E-state index contributed by atoms with van der Waals surface area (Å²) in [5, 5.41) is 3.67. The van der Waals surface area contributed by atoms with Gasteiger partial charge in [-0.2, -0.15) is 0 Å². The maximum Gasteiger partial charge on any atom is 0.261 e. The molecule has 0 unspecified atom stereocenters. The lowest BCUT2D eigenvalue weighted by Gasteiger charge is -2.10. The highest BCUT2D eigenvalue weighted by Crippen LogP contribution is 2.21. The van der Waals surface area contributed by atoms with Crippen molar-refractivity contribution in [1.29, 1.82) is 0 Å². The predicted molar refractivity (Wildman–Crippen MR) is 116 cm³/mol. The lowest BCUT2D eigenvalue weighted by atomic mass is 10.1. The van der Waals surface area contributed by atoms with Crippen LogP contribution in [0.4, 0.5) is 15.8 Å². The maximum atomic E-state index is 14.3. The standard InChI is InChI=1S/C25H21FN2O2/c1-15-9-11-21(17(3)12-15)27-24(29)19-14-18-6-4-5-7-23(18)30-25(19)28-22-13-16(2)8-10-20(22)26/h4-14H,1-3H3,(H,27,29). The second-order valence-electron chi connectivity index (χ2n) is 7.34. The topological polar surface area (TPSA) is 54.6 Å². The zero-order valence-electron chi connectivity index (χ0n) is 17.0. The number of hydrogen-bond donors (Lipinski definition) is 1. The van der Waals surface area contributed by atoms with Gasteiger partial charge in [0.25, 0.3) is 5.91 Å². The van der Waals surface area contributed by atoms with Gasteiger partial charge in [-0.05, 0) is 62.2 Å². The number of halogens is 1. The van der Waals surface area contributed by atoms with E-state index in [4.69, 9.17) is 4.42 Å². The predicted octanol–water partition coefficient (Wildman–Crippen LogP) is 5.98. The molecule has 0 aliphatic rings. The summed E-state index contributed by atoms with van der Waals surface area (Å²) in [6.45, 7) is 5.78. The molecular weight excluding hydrogens is 379 g/mol. The Bertz CT molecular complexity index is 1340. The first-order chi connectivity index (χ1) is 14.4. The highest BCUT2D eigenvalue weighted by Gasteiger charge is 2.15. The molecular formula is C25H21FN2O2. The summed E-state index contributed by atoms with van der Waals surface area (Å²) in [6.07, 6.45) is 0. The Labute approximate surface area is 173 Å². The van der Waals surface area contributed by atoms with Crippen molar-refractivity contribution in [2.24, 2.45) is 4.99 Å². The zero-order valence-corrected chi connectivity index (χ0v) is 17.0. The lowest BCUT2D eigenvalue weighted by molar-refractivity contribution is 0.102. The van der Waals surface area contributed by atoms with E-state index in [1.807, 2.05) is 57.2 Å². The molecule has 0 saturated heterocycles. The van der Waals surface area contributed by atoms with Gasteiger partial charge < -0.3 is 9.73 Å². The third-order valence-electron chi connectivity index (χ3n) is 4.85. The molecule has 4 rings (SSSR count). The van der Waals surface area contributed by atoms with Crippen molar-refractivity contribution < 1.29 is 13.6 Å². The van der Waals surface area contributed by atoms with Crippen molar-refractivity contribution in [2.75, 3.05) is 5.32 Å². The number of carbonyl (C=O) groups is 1. The molecule has 0 bridgehead atoms. The maximum absolute atomic E-state index is 14.3. The number of anilines is 1. The molecule has 4 nitrogen and oxygen atoms in total. The van der Waals surface area contributed by atoms with Crippen molar-refractivity contribution >= 4 is 28.3 Å². The van der Waals surface area contributed by atoms with Crippen LogP contribution in [-0.2, 0) is 0 Å². The minimum atomic E-state index is -0.482. The average molecular weight is 400 g/mol. The highest BCUT2D eigenvalue weighted by atomic mass is 19.1. The Morgan fingerprint density at radius 2 is 1.67 bits per heavy atom. The number of rotatable bonds is 3. The minimum absolute atomic E-state index is 0.0560. The van der Waals surface area contributed by atoms with Crippen LogP contribution in [0.25, 0.3) is 11.0 Å². The molecule has 0 spiro atoms. The fourth-order valence-corrected chi connectivity index (χ4v) is 3.28. The number of para-hydroxylation sites is 1. The van der Waals surface area contributed by atoms with Crippen molar-refractivity contribution in [3.8, 4) is 0 Å². The number of nitrogens with one attached hydrogen (secondary N) is 1. The number of benzene rings is 3. The third-order valence-corrected chi connectivity index (χ3v) is 4.85. The molecule has 0 fully saturated rings. The largest absolute Gasteiger partial charge is 0.438 e. The molecule has 150 valence electrons. The smallest absolute Gasteiger partial charge is 0.261 e. The van der Waals surface area contributed by atoms with E-state index in [2.05, 4.69) is 10.3 Å². The zero-order chi connectivity index (χ0) is 21.3. The lowest BCUT2D eigenvalue weighted by Crippen LogP contribution is -2.22. The normalized spacial score (nSPS) is 11.7. The SMILES string of the molecule is Cc1ccc(NC(=O)c2cc3ccccc3oc2=Nc2cc(C)ccc2F)c(C)c1. The van der Waals surface area contributed by atoms with E-state index in [0.29, 0.717) is 11.3 Å². The van der Waals surface area contributed by atoms with Crippen molar-refractivity contribution in [3.05, 3.63) is 100 Å². The van der Waals surface area contributed by atoms with E-state index in [-0.39, 0.29) is 22.7 Å². The van der Waals surface area contributed by atoms with Crippen LogP contribution in [0.1, 0.15) is 27.0 Å².